The third-order valence-corrected chi connectivity index (χ3v) is 5.48. The van der Waals surface area contributed by atoms with Crippen LogP contribution in [0.2, 0.25) is 0 Å². The zero-order valence-electron chi connectivity index (χ0n) is 14.4. The fourth-order valence-electron chi connectivity index (χ4n) is 3.90. The van der Waals surface area contributed by atoms with E-state index in [2.05, 4.69) is 0 Å². The van der Waals surface area contributed by atoms with Gasteiger partial charge in [0.15, 0.2) is 5.92 Å². The van der Waals surface area contributed by atoms with Crippen LogP contribution in [0, 0.1) is 17.8 Å². The van der Waals surface area contributed by atoms with Crippen LogP contribution >= 0.6 is 0 Å². The number of hydrogen-bond acceptors (Lipinski definition) is 3. The topological polar surface area (TPSA) is 35.5 Å². The summed E-state index contributed by atoms with van der Waals surface area (Å²) < 4.78 is 48.3. The Kier molecular flexibility index (Phi) is 7.38. The van der Waals surface area contributed by atoms with Crippen molar-refractivity contribution in [3.63, 3.8) is 0 Å². The Hall–Kier alpha value is -0.780. The van der Waals surface area contributed by atoms with E-state index >= 15 is 0 Å². The fourth-order valence-corrected chi connectivity index (χ4v) is 3.90. The van der Waals surface area contributed by atoms with Gasteiger partial charge in [-0.1, -0.05) is 25.7 Å². The van der Waals surface area contributed by atoms with Gasteiger partial charge in [0.05, 0.1) is 0 Å². The number of rotatable bonds is 7. The van der Waals surface area contributed by atoms with Gasteiger partial charge in [-0.3, -0.25) is 4.79 Å². The lowest BCUT2D eigenvalue weighted by Crippen LogP contribution is -2.39. The molecule has 6 heteroatoms. The van der Waals surface area contributed by atoms with Crippen LogP contribution in [-0.2, 0) is 14.3 Å². The average Bonchev–Trinajstić information content (AvgIpc) is 2.53. The van der Waals surface area contributed by atoms with E-state index < -0.39 is 18.1 Å². The van der Waals surface area contributed by atoms with E-state index in [1.807, 2.05) is 6.92 Å². The maximum atomic E-state index is 12.6. The Morgan fingerprint density at radius 2 is 1.62 bits per heavy atom. The molecule has 0 aromatic rings. The summed E-state index contributed by atoms with van der Waals surface area (Å²) in [6, 6.07) is 0. The highest BCUT2D eigenvalue weighted by molar-refractivity contribution is 5.74. The minimum atomic E-state index is -4.47. The summed E-state index contributed by atoms with van der Waals surface area (Å²) >= 11 is 0. The van der Waals surface area contributed by atoms with Crippen LogP contribution in [0.1, 0.15) is 64.7 Å². The number of cyclic esters (lactones) is 1. The number of halogens is 3. The van der Waals surface area contributed by atoms with Gasteiger partial charge in [-0.2, -0.15) is 13.2 Å². The first-order valence-corrected chi connectivity index (χ1v) is 9.25. The largest absolute Gasteiger partial charge is 0.462 e. The molecule has 0 aromatic heterocycles. The van der Waals surface area contributed by atoms with Crippen molar-refractivity contribution in [2.75, 3.05) is 13.2 Å². The van der Waals surface area contributed by atoms with Crippen molar-refractivity contribution in [2.45, 2.75) is 77.0 Å². The number of alkyl halides is 3. The maximum absolute atomic E-state index is 12.6. The minimum Gasteiger partial charge on any atom is -0.462 e. The first-order valence-electron chi connectivity index (χ1n) is 9.25. The summed E-state index contributed by atoms with van der Waals surface area (Å²) in [5.74, 6) is -1.65. The first kappa shape index (κ1) is 19.5. The predicted octanol–water partition coefficient (Wildman–Crippen LogP) is 4.88. The van der Waals surface area contributed by atoms with Gasteiger partial charge in [-0.15, -0.1) is 0 Å². The molecule has 2 atom stereocenters. The van der Waals surface area contributed by atoms with Crippen LogP contribution < -0.4 is 0 Å². The summed E-state index contributed by atoms with van der Waals surface area (Å²) in [7, 11) is 0. The van der Waals surface area contributed by atoms with Crippen LogP contribution in [0.5, 0.6) is 0 Å². The molecule has 2 fully saturated rings. The lowest BCUT2D eigenvalue weighted by atomic mass is 9.78. The molecule has 140 valence electrons. The van der Waals surface area contributed by atoms with Crippen molar-refractivity contribution in [1.29, 1.82) is 0 Å². The van der Waals surface area contributed by atoms with Crippen LogP contribution in [0.3, 0.4) is 0 Å². The Labute approximate surface area is 142 Å². The molecule has 1 aliphatic heterocycles. The van der Waals surface area contributed by atoms with Crippen molar-refractivity contribution >= 4 is 5.97 Å². The van der Waals surface area contributed by atoms with Gasteiger partial charge in [-0.05, 0) is 50.9 Å². The number of carbonyl (C=O) groups excluding carboxylic acids is 1. The number of esters is 1. The van der Waals surface area contributed by atoms with Crippen LogP contribution in [0.15, 0.2) is 0 Å². The highest BCUT2D eigenvalue weighted by Crippen LogP contribution is 2.37. The van der Waals surface area contributed by atoms with Crippen molar-refractivity contribution in [3.05, 3.63) is 0 Å². The van der Waals surface area contributed by atoms with E-state index in [-0.39, 0.29) is 12.5 Å². The van der Waals surface area contributed by atoms with Crippen molar-refractivity contribution in [2.24, 2.45) is 17.8 Å². The molecule has 0 N–H and O–H groups in total. The van der Waals surface area contributed by atoms with E-state index in [1.54, 1.807) is 0 Å². The maximum Gasteiger partial charge on any atom is 0.402 e. The smallest absolute Gasteiger partial charge is 0.402 e. The summed E-state index contributed by atoms with van der Waals surface area (Å²) in [6.45, 7) is 3.61. The van der Waals surface area contributed by atoms with E-state index in [4.69, 9.17) is 9.47 Å². The molecule has 0 amide bonds. The van der Waals surface area contributed by atoms with Gasteiger partial charge < -0.3 is 9.47 Å². The summed E-state index contributed by atoms with van der Waals surface area (Å²) in [4.78, 5) is 11.5. The third-order valence-electron chi connectivity index (χ3n) is 5.48. The van der Waals surface area contributed by atoms with Crippen molar-refractivity contribution < 1.29 is 27.4 Å². The lowest BCUT2D eigenvalue weighted by molar-refractivity contribution is -0.211. The Bertz CT molecular complexity index is 389. The molecule has 0 aromatic carbocycles. The molecule has 0 spiro atoms. The molecule has 24 heavy (non-hydrogen) atoms. The molecule has 3 nitrogen and oxygen atoms in total. The van der Waals surface area contributed by atoms with Gasteiger partial charge in [0.1, 0.15) is 6.10 Å². The van der Waals surface area contributed by atoms with Crippen LogP contribution in [-0.4, -0.2) is 31.5 Å². The number of hydrogen-bond donors (Lipinski definition) is 0. The Morgan fingerprint density at radius 3 is 2.17 bits per heavy atom. The second kappa shape index (κ2) is 9.07. The molecule has 2 rings (SSSR count). The van der Waals surface area contributed by atoms with Gasteiger partial charge >= 0.3 is 12.1 Å². The van der Waals surface area contributed by atoms with E-state index in [0.717, 1.165) is 32.0 Å². The van der Waals surface area contributed by atoms with Gasteiger partial charge in [0, 0.05) is 13.2 Å². The van der Waals surface area contributed by atoms with E-state index in [0.29, 0.717) is 18.8 Å². The number of carbonyl (C=O) groups is 1. The molecule has 0 radical (unpaired) electrons. The molecule has 0 bridgehead atoms. The molecule has 2 unspecified atom stereocenters. The molecule has 1 heterocycles. The second-order valence-corrected chi connectivity index (χ2v) is 7.18. The highest BCUT2D eigenvalue weighted by Gasteiger charge is 2.48. The normalized spacial score (nSPS) is 31.8. The molecule has 1 aliphatic carbocycles. The van der Waals surface area contributed by atoms with Crippen molar-refractivity contribution in [3.8, 4) is 0 Å². The quantitative estimate of drug-likeness (QED) is 0.485. The molecular formula is C18H29F3O3. The Morgan fingerprint density at radius 1 is 1.00 bits per heavy atom. The summed E-state index contributed by atoms with van der Waals surface area (Å²) in [5, 5.41) is 0. The molecule has 1 saturated heterocycles. The second-order valence-electron chi connectivity index (χ2n) is 7.18. The SMILES string of the molecule is CCOCCC1CCC(CCC2CCC(C(F)(F)F)C(=O)O2)CC1. The standard InChI is InChI=1S/C18H29F3O3/c1-2-23-12-11-14-5-3-13(4-6-14)7-8-15-9-10-16(17(22)24-15)18(19,20)21/h13-16H,2-12H2,1H3. The Balaban J connectivity index is 1.62. The van der Waals surface area contributed by atoms with E-state index in [1.165, 1.54) is 25.7 Å². The van der Waals surface area contributed by atoms with Crippen LogP contribution in [0.4, 0.5) is 13.2 Å². The predicted molar refractivity (Wildman–Crippen MR) is 84.5 cm³/mol. The molecule has 1 saturated carbocycles. The summed E-state index contributed by atoms with van der Waals surface area (Å²) in [5.41, 5.74) is 0. The third kappa shape index (κ3) is 5.94. The van der Waals surface area contributed by atoms with E-state index in [9.17, 15) is 18.0 Å². The molecule has 2 aliphatic rings. The highest BCUT2D eigenvalue weighted by atomic mass is 19.4. The zero-order valence-corrected chi connectivity index (χ0v) is 14.4. The van der Waals surface area contributed by atoms with Crippen molar-refractivity contribution in [1.82, 2.24) is 0 Å². The van der Waals surface area contributed by atoms with Gasteiger partial charge in [0.2, 0.25) is 0 Å². The van der Waals surface area contributed by atoms with Gasteiger partial charge in [-0.25, -0.2) is 0 Å². The zero-order chi connectivity index (χ0) is 17.6. The minimum absolute atomic E-state index is 0.128. The van der Waals surface area contributed by atoms with Crippen LogP contribution in [0.25, 0.3) is 0 Å². The lowest BCUT2D eigenvalue weighted by Gasteiger charge is -2.32. The monoisotopic (exact) mass is 350 g/mol. The fraction of sp³-hybridized carbons (Fsp3) is 0.944. The first-order chi connectivity index (χ1) is 11.4. The van der Waals surface area contributed by atoms with Gasteiger partial charge in [0.25, 0.3) is 0 Å². The molecular weight excluding hydrogens is 321 g/mol. The summed E-state index contributed by atoms with van der Waals surface area (Å²) in [6.07, 6.45) is 2.93. The number of ether oxygens (including phenoxy) is 2. The average molecular weight is 350 g/mol.